The second-order valence-corrected chi connectivity index (χ2v) is 8.22. The summed E-state index contributed by atoms with van der Waals surface area (Å²) in [4.78, 5) is 0. The van der Waals surface area contributed by atoms with Crippen LogP contribution in [0.15, 0.2) is 97.1 Å². The maximum Gasteiger partial charge on any atom is 0.0789 e. The fraction of sp³-hybridized carbons (Fsp3) is 0. The van der Waals surface area contributed by atoms with Gasteiger partial charge >= 0.3 is 0 Å². The van der Waals surface area contributed by atoms with Crippen LogP contribution in [0.4, 0.5) is 0 Å². The van der Waals surface area contributed by atoms with Crippen LogP contribution in [0.5, 0.6) is 0 Å². The van der Waals surface area contributed by atoms with E-state index in [0.29, 0.717) is 0 Å². The molecule has 0 aliphatic carbocycles. The minimum atomic E-state index is 1.26. The zero-order valence-corrected chi connectivity index (χ0v) is 16.1. The quantitative estimate of drug-likeness (QED) is 0.191. The maximum absolute atomic E-state index is 2.50. The van der Waals surface area contributed by atoms with Crippen molar-refractivity contribution in [1.82, 2.24) is 8.80 Å². The lowest BCUT2D eigenvalue weighted by Crippen LogP contribution is -1.97. The fourth-order valence-electron chi connectivity index (χ4n) is 5.66. The largest absolute Gasteiger partial charge is 0.305 e. The Morgan fingerprint density at radius 1 is 0.367 bits per heavy atom. The zero-order valence-electron chi connectivity index (χ0n) is 16.1. The molecule has 3 heterocycles. The lowest BCUT2D eigenvalue weighted by Gasteiger charge is -2.13. The van der Waals surface area contributed by atoms with Gasteiger partial charge in [0.1, 0.15) is 0 Å². The van der Waals surface area contributed by atoms with Crippen LogP contribution < -0.4 is 0 Å². The van der Waals surface area contributed by atoms with Crippen molar-refractivity contribution < 1.29 is 0 Å². The van der Waals surface area contributed by atoms with Crippen molar-refractivity contribution in [3.63, 3.8) is 0 Å². The molecule has 5 aromatic carbocycles. The Bertz CT molecular complexity index is 1950. The highest BCUT2D eigenvalue weighted by atomic mass is 15.0. The molecular weight excluding hydrogens is 364 g/mol. The van der Waals surface area contributed by atoms with E-state index in [2.05, 4.69) is 106 Å². The monoisotopic (exact) mass is 380 g/mol. The molecule has 0 amide bonds. The first kappa shape index (κ1) is 14.9. The molecule has 0 radical (unpaired) electrons. The summed E-state index contributed by atoms with van der Waals surface area (Å²) in [5.74, 6) is 0. The molecule has 8 rings (SSSR count). The number of aromatic nitrogens is 2. The minimum Gasteiger partial charge on any atom is -0.305 e. The lowest BCUT2D eigenvalue weighted by molar-refractivity contribution is 1.26. The summed E-state index contributed by atoms with van der Waals surface area (Å²) in [7, 11) is 0. The van der Waals surface area contributed by atoms with Gasteiger partial charge < -0.3 is 8.80 Å². The second-order valence-electron chi connectivity index (χ2n) is 8.22. The van der Waals surface area contributed by atoms with Crippen molar-refractivity contribution in [2.24, 2.45) is 0 Å². The third-order valence-corrected chi connectivity index (χ3v) is 6.79. The van der Waals surface area contributed by atoms with Crippen molar-refractivity contribution in [3.8, 4) is 0 Å². The number of para-hydroxylation sites is 3. The van der Waals surface area contributed by atoms with Crippen molar-refractivity contribution in [2.75, 3.05) is 0 Å². The summed E-state index contributed by atoms with van der Waals surface area (Å²) < 4.78 is 4.98. The topological polar surface area (TPSA) is 8.82 Å². The average Bonchev–Trinajstić information content (AvgIpc) is 3.32. The molecule has 0 atom stereocenters. The Kier molecular flexibility index (Phi) is 2.44. The SMILES string of the molecule is c1ccc2c(c1)cc1c3ccccc3n3c4cccc5c6ccccc6n(c54)c2c13. The molecule has 0 aliphatic rings. The Hall–Kier alpha value is -4.04. The molecule has 0 saturated heterocycles. The fourth-order valence-corrected chi connectivity index (χ4v) is 5.66. The van der Waals surface area contributed by atoms with Gasteiger partial charge in [0.05, 0.1) is 33.1 Å². The van der Waals surface area contributed by atoms with Crippen molar-refractivity contribution in [2.45, 2.75) is 0 Å². The lowest BCUT2D eigenvalue weighted by atomic mass is 10.0. The third kappa shape index (κ3) is 1.53. The van der Waals surface area contributed by atoms with E-state index in [1.54, 1.807) is 0 Å². The molecule has 0 saturated carbocycles. The van der Waals surface area contributed by atoms with E-state index in [4.69, 9.17) is 0 Å². The highest BCUT2D eigenvalue weighted by Crippen LogP contribution is 2.42. The molecule has 2 heteroatoms. The van der Waals surface area contributed by atoms with Crippen LogP contribution >= 0.6 is 0 Å². The van der Waals surface area contributed by atoms with Gasteiger partial charge in [0.2, 0.25) is 0 Å². The molecule has 0 unspecified atom stereocenters. The normalized spacial score (nSPS) is 12.7. The van der Waals surface area contributed by atoms with E-state index in [0.717, 1.165) is 0 Å². The second kappa shape index (κ2) is 4.92. The predicted molar refractivity (Wildman–Crippen MR) is 127 cm³/mol. The molecule has 0 fully saturated rings. The van der Waals surface area contributed by atoms with Crippen LogP contribution in [0.1, 0.15) is 0 Å². The van der Waals surface area contributed by atoms with Gasteiger partial charge in [0, 0.05) is 26.9 Å². The Labute approximate surface area is 171 Å². The standard InChI is InChI=1S/C28H16N2/c1-2-9-18-17(8-1)16-22-20-11-4-5-13-23(20)29-25-15-7-12-21-19-10-3-6-14-24(19)30(26(21)25)27(18)28(22)29/h1-16H. The molecule has 0 spiro atoms. The summed E-state index contributed by atoms with van der Waals surface area (Å²) in [5.41, 5.74) is 7.70. The molecule has 0 N–H and O–H groups in total. The van der Waals surface area contributed by atoms with Gasteiger partial charge in [-0.1, -0.05) is 72.8 Å². The highest BCUT2D eigenvalue weighted by molar-refractivity contribution is 6.26. The number of nitrogens with zero attached hydrogens (tertiary/aromatic N) is 2. The van der Waals surface area contributed by atoms with Crippen LogP contribution in [0.3, 0.4) is 0 Å². The molecule has 30 heavy (non-hydrogen) atoms. The summed E-state index contributed by atoms with van der Waals surface area (Å²) in [6, 6.07) is 35.5. The average molecular weight is 380 g/mol. The van der Waals surface area contributed by atoms with Crippen LogP contribution in [-0.4, -0.2) is 8.80 Å². The van der Waals surface area contributed by atoms with Crippen LogP contribution in [0.25, 0.3) is 65.4 Å². The Morgan fingerprint density at radius 3 is 1.77 bits per heavy atom. The molecule has 8 aromatic rings. The molecule has 3 aromatic heterocycles. The molecule has 2 nitrogen and oxygen atoms in total. The number of hydrogen-bond donors (Lipinski definition) is 0. The first-order chi connectivity index (χ1) is 14.9. The highest BCUT2D eigenvalue weighted by Gasteiger charge is 2.21. The summed E-state index contributed by atoms with van der Waals surface area (Å²) in [5, 5.41) is 7.84. The first-order valence-corrected chi connectivity index (χ1v) is 10.4. The number of fused-ring (bicyclic) bond motifs is 10. The van der Waals surface area contributed by atoms with Crippen molar-refractivity contribution in [1.29, 1.82) is 0 Å². The summed E-state index contributed by atoms with van der Waals surface area (Å²) in [6.07, 6.45) is 0. The van der Waals surface area contributed by atoms with Gasteiger partial charge in [0.25, 0.3) is 0 Å². The summed E-state index contributed by atoms with van der Waals surface area (Å²) in [6.45, 7) is 0. The molecular formula is C28H16N2. The molecule has 138 valence electrons. The van der Waals surface area contributed by atoms with Crippen LogP contribution in [-0.2, 0) is 0 Å². The van der Waals surface area contributed by atoms with E-state index in [1.165, 1.54) is 65.4 Å². The van der Waals surface area contributed by atoms with E-state index < -0.39 is 0 Å². The minimum absolute atomic E-state index is 1.26. The van der Waals surface area contributed by atoms with Crippen molar-refractivity contribution in [3.05, 3.63) is 97.1 Å². The van der Waals surface area contributed by atoms with E-state index >= 15 is 0 Å². The molecule has 0 aliphatic heterocycles. The van der Waals surface area contributed by atoms with E-state index in [-0.39, 0.29) is 0 Å². The molecule has 0 bridgehead atoms. The number of hydrogen-bond acceptors (Lipinski definition) is 0. The Morgan fingerprint density at radius 2 is 0.933 bits per heavy atom. The zero-order chi connectivity index (χ0) is 19.4. The van der Waals surface area contributed by atoms with Crippen LogP contribution in [0.2, 0.25) is 0 Å². The van der Waals surface area contributed by atoms with E-state index in [9.17, 15) is 0 Å². The van der Waals surface area contributed by atoms with Gasteiger partial charge in [0.15, 0.2) is 0 Å². The smallest absolute Gasteiger partial charge is 0.0789 e. The van der Waals surface area contributed by atoms with Gasteiger partial charge in [-0.05, 0) is 29.7 Å². The maximum atomic E-state index is 2.50. The first-order valence-electron chi connectivity index (χ1n) is 10.4. The number of rotatable bonds is 0. The van der Waals surface area contributed by atoms with E-state index in [1.807, 2.05) is 0 Å². The van der Waals surface area contributed by atoms with Crippen molar-refractivity contribution >= 4 is 65.4 Å². The third-order valence-electron chi connectivity index (χ3n) is 6.79. The Balaban J connectivity index is 1.92. The van der Waals surface area contributed by atoms with Crippen LogP contribution in [0, 0.1) is 0 Å². The van der Waals surface area contributed by atoms with Gasteiger partial charge in [-0.25, -0.2) is 0 Å². The predicted octanol–water partition coefficient (Wildman–Crippen LogP) is 7.40. The summed E-state index contributed by atoms with van der Waals surface area (Å²) >= 11 is 0. The van der Waals surface area contributed by atoms with Gasteiger partial charge in [-0.3, -0.25) is 0 Å². The van der Waals surface area contributed by atoms with Gasteiger partial charge in [-0.15, -0.1) is 0 Å². The number of benzene rings is 5. The van der Waals surface area contributed by atoms with Gasteiger partial charge in [-0.2, -0.15) is 0 Å².